The van der Waals surface area contributed by atoms with E-state index in [2.05, 4.69) is 10.6 Å². The number of amides is 2. The number of hydrogen-bond donors (Lipinski definition) is 2. The van der Waals surface area contributed by atoms with Gasteiger partial charge < -0.3 is 15.4 Å². The number of methoxy groups -OCH3 is 1. The molecule has 0 aliphatic heterocycles. The van der Waals surface area contributed by atoms with Gasteiger partial charge in [0.05, 0.1) is 12.8 Å². The van der Waals surface area contributed by atoms with E-state index in [0.29, 0.717) is 35.0 Å². The number of ether oxygens (including phenoxy) is 1. The van der Waals surface area contributed by atoms with Gasteiger partial charge in [-0.1, -0.05) is 31.0 Å². The van der Waals surface area contributed by atoms with Crippen molar-refractivity contribution in [2.45, 2.75) is 32.1 Å². The average molecular weight is 352 g/mol. The van der Waals surface area contributed by atoms with E-state index >= 15 is 0 Å². The van der Waals surface area contributed by atoms with Crippen LogP contribution < -0.4 is 15.4 Å². The number of rotatable bonds is 6. The van der Waals surface area contributed by atoms with Crippen molar-refractivity contribution >= 4 is 23.2 Å². The second-order valence-electron chi connectivity index (χ2n) is 6.64. The minimum Gasteiger partial charge on any atom is -0.495 e. The third kappa shape index (κ3) is 4.63. The number of carbonyl (C=O) groups excluding carboxylic acids is 2. The number of hydrogen-bond acceptors (Lipinski definition) is 3. The smallest absolute Gasteiger partial charge is 0.255 e. The monoisotopic (exact) mass is 352 g/mol. The van der Waals surface area contributed by atoms with Crippen LogP contribution in [0, 0.1) is 5.92 Å². The predicted octanol–water partition coefficient (Wildman–Crippen LogP) is 4.47. The van der Waals surface area contributed by atoms with Gasteiger partial charge in [-0.3, -0.25) is 9.59 Å². The Morgan fingerprint density at radius 2 is 1.77 bits per heavy atom. The molecule has 0 atom stereocenters. The number of nitrogens with one attached hydrogen (secondary N) is 2. The molecular formula is C21H24N2O3. The maximum atomic E-state index is 12.4. The Morgan fingerprint density at radius 1 is 1.04 bits per heavy atom. The molecule has 2 N–H and O–H groups in total. The zero-order valence-corrected chi connectivity index (χ0v) is 15.0. The lowest BCUT2D eigenvalue weighted by Crippen LogP contribution is -2.16. The Bertz CT molecular complexity index is 768. The fourth-order valence-corrected chi connectivity index (χ4v) is 3.36. The van der Waals surface area contributed by atoms with Gasteiger partial charge in [-0.05, 0) is 49.1 Å². The van der Waals surface area contributed by atoms with E-state index in [-0.39, 0.29) is 11.8 Å². The fourth-order valence-electron chi connectivity index (χ4n) is 3.36. The van der Waals surface area contributed by atoms with Crippen LogP contribution in [0.1, 0.15) is 42.5 Å². The average Bonchev–Trinajstić information content (AvgIpc) is 3.15. The highest BCUT2D eigenvalue weighted by atomic mass is 16.5. The Balaban J connectivity index is 1.69. The molecular weight excluding hydrogens is 328 g/mol. The molecule has 1 aliphatic carbocycles. The maximum Gasteiger partial charge on any atom is 0.255 e. The van der Waals surface area contributed by atoms with Gasteiger partial charge in [-0.2, -0.15) is 0 Å². The summed E-state index contributed by atoms with van der Waals surface area (Å²) >= 11 is 0. The topological polar surface area (TPSA) is 67.4 Å². The van der Waals surface area contributed by atoms with Crippen LogP contribution in [-0.4, -0.2) is 18.9 Å². The first-order chi connectivity index (χ1) is 12.7. The molecule has 2 aromatic rings. The minimum absolute atomic E-state index is 0.0161. The predicted molar refractivity (Wildman–Crippen MR) is 103 cm³/mol. The van der Waals surface area contributed by atoms with Crippen molar-refractivity contribution in [2.75, 3.05) is 17.7 Å². The maximum absolute atomic E-state index is 12.4. The molecule has 0 saturated heterocycles. The van der Waals surface area contributed by atoms with E-state index in [0.717, 1.165) is 12.8 Å². The van der Waals surface area contributed by atoms with E-state index in [1.807, 2.05) is 18.2 Å². The first-order valence-corrected chi connectivity index (χ1v) is 9.00. The zero-order chi connectivity index (χ0) is 18.4. The van der Waals surface area contributed by atoms with Crippen molar-refractivity contribution in [3.63, 3.8) is 0 Å². The highest BCUT2D eigenvalue weighted by Crippen LogP contribution is 2.30. The molecule has 0 aromatic heterocycles. The molecule has 0 bridgehead atoms. The Labute approximate surface area is 153 Å². The molecule has 1 fully saturated rings. The molecule has 3 rings (SSSR count). The largest absolute Gasteiger partial charge is 0.495 e. The number of anilines is 2. The van der Waals surface area contributed by atoms with Crippen LogP contribution in [0.5, 0.6) is 5.75 Å². The van der Waals surface area contributed by atoms with Gasteiger partial charge >= 0.3 is 0 Å². The van der Waals surface area contributed by atoms with Gasteiger partial charge in [0.15, 0.2) is 0 Å². The van der Waals surface area contributed by atoms with E-state index in [4.69, 9.17) is 4.74 Å². The lowest BCUT2D eigenvalue weighted by atomic mass is 10.0. The molecule has 2 amide bonds. The molecule has 0 heterocycles. The Hall–Kier alpha value is -2.82. The van der Waals surface area contributed by atoms with Gasteiger partial charge in [0.25, 0.3) is 5.91 Å². The molecule has 0 unspecified atom stereocenters. The molecule has 5 heteroatoms. The van der Waals surface area contributed by atoms with Crippen molar-refractivity contribution in [1.82, 2.24) is 0 Å². The minimum atomic E-state index is -0.224. The lowest BCUT2D eigenvalue weighted by molar-refractivity contribution is -0.117. The van der Waals surface area contributed by atoms with Crippen molar-refractivity contribution in [3.8, 4) is 5.75 Å². The fraction of sp³-hybridized carbons (Fsp3) is 0.333. The van der Waals surface area contributed by atoms with Crippen molar-refractivity contribution in [3.05, 3.63) is 54.1 Å². The highest BCUT2D eigenvalue weighted by molar-refractivity contribution is 6.05. The highest BCUT2D eigenvalue weighted by Gasteiger charge is 2.19. The molecule has 26 heavy (non-hydrogen) atoms. The van der Waals surface area contributed by atoms with Crippen LogP contribution in [-0.2, 0) is 4.79 Å². The van der Waals surface area contributed by atoms with Crippen LogP contribution in [0.25, 0.3) is 0 Å². The van der Waals surface area contributed by atoms with E-state index in [9.17, 15) is 9.59 Å². The third-order valence-electron chi connectivity index (χ3n) is 4.72. The van der Waals surface area contributed by atoms with E-state index in [1.165, 1.54) is 12.8 Å². The molecule has 2 aromatic carbocycles. The summed E-state index contributed by atoms with van der Waals surface area (Å²) in [5, 5.41) is 5.78. The summed E-state index contributed by atoms with van der Waals surface area (Å²) in [6, 6.07) is 14.2. The standard InChI is InChI=1S/C21H24N2O3/c1-26-19-12-11-17(22-20(24)13-15-7-5-6-8-15)14-18(19)23-21(25)16-9-3-2-4-10-16/h2-4,9-12,14-15H,5-8,13H2,1H3,(H,22,24)(H,23,25). The van der Waals surface area contributed by atoms with Crippen molar-refractivity contribution in [1.29, 1.82) is 0 Å². The SMILES string of the molecule is COc1ccc(NC(=O)CC2CCCC2)cc1NC(=O)c1ccccc1. The summed E-state index contributed by atoms with van der Waals surface area (Å²) in [6.07, 6.45) is 5.26. The molecule has 5 nitrogen and oxygen atoms in total. The molecule has 0 spiro atoms. The van der Waals surface area contributed by atoms with Crippen molar-refractivity contribution in [2.24, 2.45) is 5.92 Å². The van der Waals surface area contributed by atoms with E-state index < -0.39 is 0 Å². The lowest BCUT2D eigenvalue weighted by Gasteiger charge is -2.14. The molecule has 1 saturated carbocycles. The summed E-state index contributed by atoms with van der Waals surface area (Å²) in [7, 11) is 1.55. The first kappa shape index (κ1) is 18.0. The number of carbonyl (C=O) groups is 2. The molecule has 0 radical (unpaired) electrons. The van der Waals surface area contributed by atoms with Gasteiger partial charge in [0.1, 0.15) is 5.75 Å². The van der Waals surface area contributed by atoms with Gasteiger partial charge in [-0.25, -0.2) is 0 Å². The van der Waals surface area contributed by atoms with Crippen LogP contribution in [0.15, 0.2) is 48.5 Å². The van der Waals surface area contributed by atoms with Gasteiger partial charge in [-0.15, -0.1) is 0 Å². The quantitative estimate of drug-likeness (QED) is 0.806. The second kappa shape index (κ2) is 8.52. The first-order valence-electron chi connectivity index (χ1n) is 9.00. The summed E-state index contributed by atoms with van der Waals surface area (Å²) in [5.41, 5.74) is 1.74. The molecule has 1 aliphatic rings. The van der Waals surface area contributed by atoms with Crippen LogP contribution >= 0.6 is 0 Å². The molecule has 136 valence electrons. The van der Waals surface area contributed by atoms with Crippen molar-refractivity contribution < 1.29 is 14.3 Å². The Morgan fingerprint density at radius 3 is 2.46 bits per heavy atom. The zero-order valence-electron chi connectivity index (χ0n) is 15.0. The third-order valence-corrected chi connectivity index (χ3v) is 4.72. The summed E-state index contributed by atoms with van der Waals surface area (Å²) in [6.45, 7) is 0. The number of benzene rings is 2. The van der Waals surface area contributed by atoms with Gasteiger partial charge in [0.2, 0.25) is 5.91 Å². The normalized spacial score (nSPS) is 14.0. The van der Waals surface area contributed by atoms with Crippen LogP contribution in [0.4, 0.5) is 11.4 Å². The Kier molecular flexibility index (Phi) is 5.89. The van der Waals surface area contributed by atoms with Crippen LogP contribution in [0.2, 0.25) is 0 Å². The van der Waals surface area contributed by atoms with Gasteiger partial charge in [0, 0.05) is 17.7 Å². The summed E-state index contributed by atoms with van der Waals surface area (Å²) in [4.78, 5) is 24.6. The second-order valence-corrected chi connectivity index (χ2v) is 6.64. The van der Waals surface area contributed by atoms with Crippen LogP contribution in [0.3, 0.4) is 0 Å². The summed E-state index contributed by atoms with van der Waals surface area (Å²) in [5.74, 6) is 0.828. The summed E-state index contributed by atoms with van der Waals surface area (Å²) < 4.78 is 5.32. The van der Waals surface area contributed by atoms with E-state index in [1.54, 1.807) is 37.4 Å².